The maximum atomic E-state index is 12.7. The summed E-state index contributed by atoms with van der Waals surface area (Å²) in [5.41, 5.74) is 5.40. The number of nitrogens with two attached hydrogens (primary N) is 1. The quantitative estimate of drug-likeness (QED) is 0.0264. The molecule has 10 heteroatoms. The van der Waals surface area contributed by atoms with Gasteiger partial charge in [-0.2, -0.15) is 0 Å². The van der Waals surface area contributed by atoms with Crippen LogP contribution in [-0.4, -0.2) is 49.3 Å². The predicted octanol–water partition coefficient (Wildman–Crippen LogP) is 22.0. The molecule has 0 aromatic heterocycles. The van der Waals surface area contributed by atoms with Gasteiger partial charge < -0.3 is 20.1 Å². The van der Waals surface area contributed by atoms with E-state index in [0.29, 0.717) is 6.42 Å². The molecular formula is C70H128NO8P. The van der Waals surface area contributed by atoms with Gasteiger partial charge in [-0.15, -0.1) is 0 Å². The van der Waals surface area contributed by atoms with E-state index in [1.165, 1.54) is 225 Å². The van der Waals surface area contributed by atoms with Gasteiger partial charge in [-0.3, -0.25) is 18.6 Å². The molecule has 2 atom stereocenters. The highest BCUT2D eigenvalue weighted by molar-refractivity contribution is 7.47. The molecule has 0 aliphatic rings. The minimum Gasteiger partial charge on any atom is -0.462 e. The topological polar surface area (TPSA) is 134 Å². The normalized spacial score (nSPS) is 13.4. The van der Waals surface area contributed by atoms with Crippen molar-refractivity contribution < 1.29 is 37.6 Å². The lowest BCUT2D eigenvalue weighted by Crippen LogP contribution is -2.29. The van der Waals surface area contributed by atoms with E-state index >= 15 is 0 Å². The van der Waals surface area contributed by atoms with E-state index in [4.69, 9.17) is 24.3 Å². The monoisotopic (exact) mass is 1140 g/mol. The second-order valence-corrected chi connectivity index (χ2v) is 24.1. The zero-order valence-electron chi connectivity index (χ0n) is 52.3. The molecule has 0 saturated heterocycles. The van der Waals surface area contributed by atoms with Crippen molar-refractivity contribution >= 4 is 19.8 Å². The number of rotatable bonds is 64. The summed E-state index contributed by atoms with van der Waals surface area (Å²) in [5.74, 6) is -0.809. The summed E-state index contributed by atoms with van der Waals surface area (Å²) in [6, 6.07) is 0. The van der Waals surface area contributed by atoms with Crippen LogP contribution in [0.2, 0.25) is 0 Å². The zero-order chi connectivity index (χ0) is 58.0. The van der Waals surface area contributed by atoms with E-state index in [1.54, 1.807) is 0 Å². The fourth-order valence-corrected chi connectivity index (χ4v) is 10.6. The van der Waals surface area contributed by atoms with E-state index in [9.17, 15) is 19.0 Å². The molecule has 0 radical (unpaired) electrons. The van der Waals surface area contributed by atoms with E-state index < -0.39 is 26.5 Å². The number of unbranched alkanes of at least 4 members (excludes halogenated alkanes) is 39. The molecule has 0 rings (SSSR count). The molecule has 0 aliphatic heterocycles. The Morgan fingerprint density at radius 1 is 0.388 bits per heavy atom. The summed E-state index contributed by atoms with van der Waals surface area (Å²) in [5, 5.41) is 0. The fourth-order valence-electron chi connectivity index (χ4n) is 9.88. The van der Waals surface area contributed by atoms with Gasteiger partial charge in [-0.25, -0.2) is 4.57 Å². The Hall–Kier alpha value is -2.55. The van der Waals surface area contributed by atoms with Gasteiger partial charge in [-0.05, 0) is 64.2 Å². The van der Waals surface area contributed by atoms with Crippen LogP contribution in [0.15, 0.2) is 72.9 Å². The summed E-state index contributed by atoms with van der Waals surface area (Å²) in [6.07, 6.45) is 85.7. The number of phosphoric acid groups is 1. The Morgan fingerprint density at radius 3 is 1.02 bits per heavy atom. The Bertz CT molecular complexity index is 1540. The largest absolute Gasteiger partial charge is 0.472 e. The van der Waals surface area contributed by atoms with Crippen molar-refractivity contribution in [1.82, 2.24) is 0 Å². The molecule has 0 amide bonds. The first-order valence-electron chi connectivity index (χ1n) is 33.9. The number of esters is 2. The lowest BCUT2D eigenvalue weighted by atomic mass is 10.0. The number of carbonyl (C=O) groups excluding carboxylic acids is 2. The third-order valence-electron chi connectivity index (χ3n) is 14.9. The van der Waals surface area contributed by atoms with Gasteiger partial charge in [0.2, 0.25) is 0 Å². The molecule has 9 nitrogen and oxygen atoms in total. The molecule has 0 heterocycles. The van der Waals surface area contributed by atoms with E-state index in [-0.39, 0.29) is 38.6 Å². The molecule has 0 spiro atoms. The highest BCUT2D eigenvalue weighted by Crippen LogP contribution is 2.43. The van der Waals surface area contributed by atoms with Crippen molar-refractivity contribution in [3.8, 4) is 0 Å². The molecule has 0 fully saturated rings. The van der Waals surface area contributed by atoms with Crippen LogP contribution < -0.4 is 5.73 Å². The fraction of sp³-hybridized carbons (Fsp3) is 0.800. The van der Waals surface area contributed by atoms with Crippen molar-refractivity contribution in [2.45, 2.75) is 335 Å². The zero-order valence-corrected chi connectivity index (χ0v) is 53.2. The van der Waals surface area contributed by atoms with Gasteiger partial charge in [0.1, 0.15) is 6.61 Å². The Kier molecular flexibility index (Phi) is 63.5. The number of phosphoric ester groups is 1. The third-order valence-corrected chi connectivity index (χ3v) is 15.8. The highest BCUT2D eigenvalue weighted by Gasteiger charge is 2.26. The standard InChI is InChI=1S/C70H128NO8P/c1-3-5-7-9-11-13-15-17-19-21-23-25-26-27-28-29-30-31-32-33-34-35-36-37-38-39-40-41-42-43-45-47-49-51-53-55-57-59-61-63-70(73)79-68(67-78-80(74,75)77-65-64-71)66-76-69(72)62-60-58-56-54-52-50-48-46-44-24-22-20-18-16-14-12-10-8-6-4-2/h5,7,11,13,17,19,23,25,27-28,30-31,68H,3-4,6,8-10,12,14-16,18,20-22,24,26,29,32-67,71H2,1-2H3,(H,74,75)/b7-5-,13-11-,19-17-,25-23-,28-27-,31-30-. The Balaban J connectivity index is 3.81. The van der Waals surface area contributed by atoms with Crippen LogP contribution >= 0.6 is 7.82 Å². The number of ether oxygens (including phenoxy) is 2. The van der Waals surface area contributed by atoms with Gasteiger partial charge in [-0.1, -0.05) is 324 Å². The average Bonchev–Trinajstić information content (AvgIpc) is 3.45. The lowest BCUT2D eigenvalue weighted by molar-refractivity contribution is -0.161. The molecule has 0 saturated carbocycles. The highest BCUT2D eigenvalue weighted by atomic mass is 31.2. The van der Waals surface area contributed by atoms with Crippen LogP contribution in [0.1, 0.15) is 328 Å². The molecule has 0 bridgehead atoms. The van der Waals surface area contributed by atoms with Gasteiger partial charge in [0, 0.05) is 19.4 Å². The molecule has 466 valence electrons. The summed E-state index contributed by atoms with van der Waals surface area (Å²) in [7, 11) is -4.39. The van der Waals surface area contributed by atoms with Crippen LogP contribution in [0.3, 0.4) is 0 Å². The van der Waals surface area contributed by atoms with Crippen LogP contribution in [0.5, 0.6) is 0 Å². The van der Waals surface area contributed by atoms with E-state index in [1.807, 2.05) is 0 Å². The SMILES string of the molecule is CC/C=C\C/C=C\C/C=C\C/C=C\C/C=C\C/C=C\CCCCCCCCCCCCCCCCCCCCCCC(=O)OC(COC(=O)CCCCCCCCCCCCCCCCCCCCCC)COP(=O)(O)OCCN. The van der Waals surface area contributed by atoms with Crippen molar-refractivity contribution in [3.63, 3.8) is 0 Å². The number of hydrogen-bond donors (Lipinski definition) is 2. The molecule has 80 heavy (non-hydrogen) atoms. The first kappa shape index (κ1) is 77.5. The second kappa shape index (κ2) is 65.6. The molecule has 3 N–H and O–H groups in total. The Labute approximate surface area is 494 Å². The number of hydrogen-bond acceptors (Lipinski definition) is 8. The molecular weight excluding hydrogens is 1010 g/mol. The third kappa shape index (κ3) is 64.6. The smallest absolute Gasteiger partial charge is 0.462 e. The summed E-state index contributed by atoms with van der Waals surface area (Å²) >= 11 is 0. The van der Waals surface area contributed by atoms with Gasteiger partial charge in [0.25, 0.3) is 0 Å². The van der Waals surface area contributed by atoms with Gasteiger partial charge in [0.15, 0.2) is 6.10 Å². The van der Waals surface area contributed by atoms with Crippen molar-refractivity contribution in [2.24, 2.45) is 5.73 Å². The van der Waals surface area contributed by atoms with E-state index in [0.717, 1.165) is 70.6 Å². The summed E-state index contributed by atoms with van der Waals surface area (Å²) in [6.45, 7) is 3.69. The van der Waals surface area contributed by atoms with Crippen molar-refractivity contribution in [2.75, 3.05) is 26.4 Å². The van der Waals surface area contributed by atoms with E-state index in [2.05, 4.69) is 86.8 Å². The molecule has 0 aromatic rings. The van der Waals surface area contributed by atoms with Crippen LogP contribution in [0, 0.1) is 0 Å². The van der Waals surface area contributed by atoms with Gasteiger partial charge in [0.05, 0.1) is 13.2 Å². The molecule has 0 aliphatic carbocycles. The van der Waals surface area contributed by atoms with Crippen LogP contribution in [-0.2, 0) is 32.7 Å². The molecule has 2 unspecified atom stereocenters. The first-order valence-corrected chi connectivity index (χ1v) is 35.4. The predicted molar refractivity (Wildman–Crippen MR) is 344 cm³/mol. The minimum atomic E-state index is -4.39. The minimum absolute atomic E-state index is 0.0548. The number of carbonyl (C=O) groups is 2. The van der Waals surface area contributed by atoms with Crippen LogP contribution in [0.25, 0.3) is 0 Å². The van der Waals surface area contributed by atoms with Crippen molar-refractivity contribution in [3.05, 3.63) is 72.9 Å². The maximum Gasteiger partial charge on any atom is 0.472 e. The summed E-state index contributed by atoms with van der Waals surface area (Å²) < 4.78 is 33.1. The number of allylic oxidation sites excluding steroid dienone is 12. The second-order valence-electron chi connectivity index (χ2n) is 22.7. The van der Waals surface area contributed by atoms with Crippen molar-refractivity contribution in [1.29, 1.82) is 0 Å². The maximum absolute atomic E-state index is 12.7. The molecule has 0 aromatic carbocycles. The average molecular weight is 1140 g/mol. The van der Waals surface area contributed by atoms with Crippen LogP contribution in [0.4, 0.5) is 0 Å². The Morgan fingerprint density at radius 2 is 0.688 bits per heavy atom. The first-order chi connectivity index (χ1) is 39.3. The lowest BCUT2D eigenvalue weighted by Gasteiger charge is -2.19. The van der Waals surface area contributed by atoms with Gasteiger partial charge >= 0.3 is 19.8 Å². The summed E-state index contributed by atoms with van der Waals surface area (Å²) in [4.78, 5) is 35.3.